The number of ether oxygens (including phenoxy) is 1. The van der Waals surface area contributed by atoms with Crippen molar-refractivity contribution < 1.29 is 27.0 Å². The minimum Gasteiger partial charge on any atom is -0.433 e. The van der Waals surface area contributed by atoms with Gasteiger partial charge in [-0.2, -0.15) is 13.1 Å². The number of halogens is 3. The number of benzene rings is 1. The van der Waals surface area contributed by atoms with Crippen molar-refractivity contribution in [3.63, 3.8) is 0 Å². The predicted molar refractivity (Wildman–Crippen MR) is 74.2 cm³/mol. The van der Waals surface area contributed by atoms with Crippen LogP contribution in [-0.4, -0.2) is 44.1 Å². The third-order valence-electron chi connectivity index (χ3n) is 2.58. The van der Waals surface area contributed by atoms with Crippen LogP contribution in [0.5, 0.6) is 5.75 Å². The lowest BCUT2D eigenvalue weighted by atomic mass is 10.3. The van der Waals surface area contributed by atoms with Crippen molar-refractivity contribution in [3.05, 3.63) is 23.2 Å². The smallest absolute Gasteiger partial charge is 0.387 e. The van der Waals surface area contributed by atoms with Crippen LogP contribution in [0.2, 0.25) is 5.02 Å². The van der Waals surface area contributed by atoms with E-state index in [1.165, 1.54) is 0 Å². The van der Waals surface area contributed by atoms with Crippen LogP contribution in [0.1, 0.15) is 13.3 Å². The summed E-state index contributed by atoms with van der Waals surface area (Å²) in [5.74, 6) is -0.296. The quantitative estimate of drug-likeness (QED) is 0.786. The molecular formula is C12H16ClF2NO4S. The van der Waals surface area contributed by atoms with Crippen molar-refractivity contribution in [2.75, 3.05) is 19.7 Å². The summed E-state index contributed by atoms with van der Waals surface area (Å²) in [6, 6.07) is 3.26. The highest BCUT2D eigenvalue weighted by molar-refractivity contribution is 7.89. The Morgan fingerprint density at radius 1 is 1.38 bits per heavy atom. The van der Waals surface area contributed by atoms with Gasteiger partial charge >= 0.3 is 6.61 Å². The van der Waals surface area contributed by atoms with Gasteiger partial charge in [0.1, 0.15) is 5.75 Å². The van der Waals surface area contributed by atoms with Crippen molar-refractivity contribution in [1.82, 2.24) is 4.31 Å². The van der Waals surface area contributed by atoms with Gasteiger partial charge in [0.15, 0.2) is 0 Å². The topological polar surface area (TPSA) is 66.8 Å². The molecule has 0 saturated heterocycles. The molecule has 9 heteroatoms. The van der Waals surface area contributed by atoms with Gasteiger partial charge in [0.25, 0.3) is 0 Å². The summed E-state index contributed by atoms with van der Waals surface area (Å²) in [6.07, 6.45) is 0.569. The third kappa shape index (κ3) is 4.77. The fourth-order valence-corrected chi connectivity index (χ4v) is 3.54. The van der Waals surface area contributed by atoms with E-state index in [-0.39, 0.29) is 35.4 Å². The fourth-order valence-electron chi connectivity index (χ4n) is 1.70. The third-order valence-corrected chi connectivity index (χ3v) is 4.77. The number of alkyl halides is 2. The van der Waals surface area contributed by atoms with E-state index in [0.717, 1.165) is 22.5 Å². The predicted octanol–water partition coefficient (Wildman–Crippen LogP) is 2.33. The standard InChI is InChI=1S/C12H16ClF2NO4S/c1-2-5-16(6-7-17)21(18,19)9-3-4-11(10(13)8-9)20-12(14)15/h3-4,8,12,17H,2,5-7H2,1H3. The molecule has 120 valence electrons. The van der Waals surface area contributed by atoms with Crippen LogP contribution < -0.4 is 4.74 Å². The van der Waals surface area contributed by atoms with Gasteiger partial charge in [-0.15, -0.1) is 0 Å². The fraction of sp³-hybridized carbons (Fsp3) is 0.500. The van der Waals surface area contributed by atoms with Gasteiger partial charge in [-0.3, -0.25) is 0 Å². The molecule has 1 aromatic carbocycles. The van der Waals surface area contributed by atoms with Crippen LogP contribution in [0.15, 0.2) is 23.1 Å². The van der Waals surface area contributed by atoms with E-state index < -0.39 is 16.6 Å². The second-order valence-corrected chi connectivity index (χ2v) is 6.44. The van der Waals surface area contributed by atoms with Gasteiger partial charge in [-0.1, -0.05) is 18.5 Å². The van der Waals surface area contributed by atoms with Crippen LogP contribution in [0, 0.1) is 0 Å². The van der Waals surface area contributed by atoms with Gasteiger partial charge in [0.2, 0.25) is 10.0 Å². The number of rotatable bonds is 8. The van der Waals surface area contributed by atoms with Gasteiger partial charge in [0.05, 0.1) is 16.5 Å². The van der Waals surface area contributed by atoms with Gasteiger partial charge in [-0.25, -0.2) is 8.42 Å². The van der Waals surface area contributed by atoms with Crippen LogP contribution in [0.3, 0.4) is 0 Å². The number of aliphatic hydroxyl groups excluding tert-OH is 1. The first-order chi connectivity index (χ1) is 9.82. The zero-order valence-electron chi connectivity index (χ0n) is 11.3. The summed E-state index contributed by atoms with van der Waals surface area (Å²) in [5, 5.41) is 8.71. The minimum atomic E-state index is -3.85. The summed E-state index contributed by atoms with van der Waals surface area (Å²) in [5.41, 5.74) is 0. The highest BCUT2D eigenvalue weighted by atomic mass is 35.5. The maximum absolute atomic E-state index is 12.4. The average molecular weight is 344 g/mol. The summed E-state index contributed by atoms with van der Waals surface area (Å²) < 4.78 is 54.2. The molecule has 0 aliphatic heterocycles. The molecule has 0 heterocycles. The summed E-state index contributed by atoms with van der Waals surface area (Å²) >= 11 is 5.75. The van der Waals surface area contributed by atoms with Crippen molar-refractivity contribution in [2.45, 2.75) is 24.9 Å². The molecule has 0 atom stereocenters. The first kappa shape index (κ1) is 18.1. The Morgan fingerprint density at radius 2 is 2.05 bits per heavy atom. The largest absolute Gasteiger partial charge is 0.433 e. The lowest BCUT2D eigenvalue weighted by Gasteiger charge is -2.21. The molecular weight excluding hydrogens is 328 g/mol. The Bertz CT molecular complexity index is 562. The Kier molecular flexibility index (Phi) is 6.79. The highest BCUT2D eigenvalue weighted by Gasteiger charge is 2.24. The van der Waals surface area contributed by atoms with Gasteiger partial charge in [0, 0.05) is 13.1 Å². The molecule has 0 saturated carbocycles. The number of nitrogens with zero attached hydrogens (tertiary/aromatic N) is 1. The van der Waals surface area contributed by atoms with E-state index in [0.29, 0.717) is 6.42 Å². The van der Waals surface area contributed by atoms with Crippen molar-refractivity contribution in [2.24, 2.45) is 0 Å². The van der Waals surface area contributed by atoms with Crippen molar-refractivity contribution >= 4 is 21.6 Å². The average Bonchev–Trinajstić information content (AvgIpc) is 2.40. The summed E-state index contributed by atoms with van der Waals surface area (Å²) in [6.45, 7) is -1.39. The molecule has 0 radical (unpaired) electrons. The van der Waals surface area contributed by atoms with E-state index in [9.17, 15) is 17.2 Å². The van der Waals surface area contributed by atoms with E-state index in [4.69, 9.17) is 16.7 Å². The normalized spacial score (nSPS) is 12.1. The van der Waals surface area contributed by atoms with E-state index in [2.05, 4.69) is 4.74 Å². The molecule has 0 bridgehead atoms. The summed E-state index contributed by atoms with van der Waals surface area (Å²) in [4.78, 5) is -0.143. The number of sulfonamides is 1. The molecule has 1 N–H and O–H groups in total. The SMILES string of the molecule is CCCN(CCO)S(=O)(=O)c1ccc(OC(F)F)c(Cl)c1. The molecule has 0 spiro atoms. The maximum Gasteiger partial charge on any atom is 0.387 e. The molecule has 1 aromatic rings. The number of hydrogen-bond donors (Lipinski definition) is 1. The Labute approximate surface area is 127 Å². The Balaban J connectivity index is 3.10. The Morgan fingerprint density at radius 3 is 2.52 bits per heavy atom. The molecule has 1 rings (SSSR count). The van der Waals surface area contributed by atoms with Crippen LogP contribution >= 0.6 is 11.6 Å². The van der Waals surface area contributed by atoms with Crippen LogP contribution in [0.25, 0.3) is 0 Å². The molecule has 0 aliphatic rings. The highest BCUT2D eigenvalue weighted by Crippen LogP contribution is 2.29. The molecule has 5 nitrogen and oxygen atoms in total. The second-order valence-electron chi connectivity index (χ2n) is 4.10. The molecule has 0 amide bonds. The zero-order chi connectivity index (χ0) is 16.0. The van der Waals surface area contributed by atoms with Crippen LogP contribution in [-0.2, 0) is 10.0 Å². The monoisotopic (exact) mass is 343 g/mol. The first-order valence-corrected chi connectivity index (χ1v) is 8.00. The summed E-state index contributed by atoms with van der Waals surface area (Å²) in [7, 11) is -3.85. The molecule has 0 aliphatic carbocycles. The molecule has 21 heavy (non-hydrogen) atoms. The van der Waals surface area contributed by atoms with Crippen molar-refractivity contribution in [1.29, 1.82) is 0 Å². The minimum absolute atomic E-state index is 0.0525. The maximum atomic E-state index is 12.4. The lowest BCUT2D eigenvalue weighted by Crippen LogP contribution is -2.34. The molecule has 0 unspecified atom stereocenters. The first-order valence-electron chi connectivity index (χ1n) is 6.18. The second kappa shape index (κ2) is 7.88. The molecule has 0 aromatic heterocycles. The van der Waals surface area contributed by atoms with Crippen LogP contribution in [0.4, 0.5) is 8.78 Å². The Hall–Kier alpha value is -0.960. The lowest BCUT2D eigenvalue weighted by molar-refractivity contribution is -0.0498. The molecule has 0 fully saturated rings. The van der Waals surface area contributed by atoms with E-state index in [1.54, 1.807) is 6.92 Å². The number of hydrogen-bond acceptors (Lipinski definition) is 4. The zero-order valence-corrected chi connectivity index (χ0v) is 12.9. The van der Waals surface area contributed by atoms with E-state index in [1.807, 2.05) is 0 Å². The van der Waals surface area contributed by atoms with Gasteiger partial charge in [-0.05, 0) is 24.6 Å². The van der Waals surface area contributed by atoms with Crippen molar-refractivity contribution in [3.8, 4) is 5.75 Å². The number of aliphatic hydroxyl groups is 1. The van der Waals surface area contributed by atoms with E-state index >= 15 is 0 Å². The van der Waals surface area contributed by atoms with Gasteiger partial charge < -0.3 is 9.84 Å².